The van der Waals surface area contributed by atoms with Crippen LogP contribution in [0, 0.1) is 0 Å². The molecule has 0 bridgehead atoms. The van der Waals surface area contributed by atoms with Crippen molar-refractivity contribution < 1.29 is 18.2 Å². The summed E-state index contributed by atoms with van der Waals surface area (Å²) in [6.07, 6.45) is -3.40. The van der Waals surface area contributed by atoms with E-state index in [4.69, 9.17) is 11.6 Å². The number of thioether (sulfide) groups is 1. The van der Waals surface area contributed by atoms with Gasteiger partial charge in [0.1, 0.15) is 11.2 Å². The van der Waals surface area contributed by atoms with Crippen molar-refractivity contribution in [1.29, 1.82) is 0 Å². The third-order valence-corrected chi connectivity index (χ3v) is 3.76. The molecule has 1 fully saturated rings. The van der Waals surface area contributed by atoms with Crippen LogP contribution in [0.5, 0.6) is 0 Å². The average molecular weight is 284 g/mol. The number of nitrogens with one attached hydrogen (secondary N) is 1. The van der Waals surface area contributed by atoms with Crippen LogP contribution in [0.4, 0.5) is 19.0 Å². The summed E-state index contributed by atoms with van der Waals surface area (Å²) in [5, 5.41) is 0.117. The van der Waals surface area contributed by atoms with E-state index >= 15 is 0 Å². The number of alkyl halides is 3. The lowest BCUT2D eigenvalue weighted by Gasteiger charge is -2.21. The molecule has 1 aromatic rings. The molecule has 7 heteroatoms. The number of hydrogen-bond acceptors (Lipinski definition) is 2. The van der Waals surface area contributed by atoms with Gasteiger partial charge in [-0.05, 0) is 6.07 Å². The van der Waals surface area contributed by atoms with Gasteiger partial charge in [-0.25, -0.2) is 4.98 Å². The van der Waals surface area contributed by atoms with Crippen molar-refractivity contribution in [1.82, 2.24) is 0 Å². The Morgan fingerprint density at radius 1 is 1.29 bits per heavy atom. The van der Waals surface area contributed by atoms with Gasteiger partial charge in [0.25, 0.3) is 5.82 Å². The molecular formula is C10H11ClF3N2S+. The quantitative estimate of drug-likeness (QED) is 0.788. The number of halogens is 4. The Morgan fingerprint density at radius 3 is 2.47 bits per heavy atom. The van der Waals surface area contributed by atoms with Gasteiger partial charge >= 0.3 is 6.18 Å². The molecule has 94 valence electrons. The van der Waals surface area contributed by atoms with Crippen molar-refractivity contribution in [3.05, 3.63) is 22.8 Å². The van der Waals surface area contributed by atoms with Gasteiger partial charge in [0.05, 0.1) is 18.7 Å². The standard InChI is InChI=1S/C10H10ClF3N2S/c11-8-5-7(10(12,13)14)6-15-9(8)16-1-3-17-4-2-16/h5-6H,1-4H2/p+1. The molecule has 2 nitrogen and oxygen atoms in total. The molecule has 0 radical (unpaired) electrons. The molecule has 1 aliphatic heterocycles. The molecule has 1 aromatic heterocycles. The molecule has 1 saturated heterocycles. The molecule has 2 heterocycles. The van der Waals surface area contributed by atoms with Gasteiger partial charge in [-0.3, -0.25) is 4.90 Å². The molecule has 17 heavy (non-hydrogen) atoms. The summed E-state index contributed by atoms with van der Waals surface area (Å²) in [4.78, 5) is 4.62. The van der Waals surface area contributed by atoms with Crippen LogP contribution in [-0.4, -0.2) is 24.6 Å². The Labute approximate surface area is 106 Å². The number of pyridine rings is 1. The van der Waals surface area contributed by atoms with Gasteiger partial charge in [0.15, 0.2) is 0 Å². The van der Waals surface area contributed by atoms with Gasteiger partial charge in [0, 0.05) is 11.5 Å². The fraction of sp³-hybridized carbons (Fsp3) is 0.500. The lowest BCUT2D eigenvalue weighted by molar-refractivity contribution is -0.367. The number of hydrogen-bond donors (Lipinski definition) is 0. The SMILES string of the molecule is FC(F)(F)c1c[nH+]c(N2CCSCC2)c(Cl)c1. The van der Waals surface area contributed by atoms with Gasteiger partial charge in [-0.1, -0.05) is 11.6 Å². The second-order valence-electron chi connectivity index (χ2n) is 3.68. The van der Waals surface area contributed by atoms with E-state index in [-0.39, 0.29) is 5.02 Å². The zero-order valence-corrected chi connectivity index (χ0v) is 10.4. The van der Waals surface area contributed by atoms with Gasteiger partial charge in [0.2, 0.25) is 0 Å². The topological polar surface area (TPSA) is 17.4 Å². The molecule has 0 atom stereocenters. The summed E-state index contributed by atoms with van der Waals surface area (Å²) >= 11 is 7.72. The van der Waals surface area contributed by atoms with Gasteiger partial charge < -0.3 is 0 Å². The predicted molar refractivity (Wildman–Crippen MR) is 62.5 cm³/mol. The van der Waals surface area contributed by atoms with E-state index < -0.39 is 11.7 Å². The number of aromatic nitrogens is 1. The molecule has 0 aliphatic carbocycles. The van der Waals surface area contributed by atoms with Crippen LogP contribution < -0.4 is 9.88 Å². The first-order valence-electron chi connectivity index (χ1n) is 5.09. The van der Waals surface area contributed by atoms with E-state index in [1.165, 1.54) is 0 Å². The lowest BCUT2D eigenvalue weighted by atomic mass is 10.2. The van der Waals surface area contributed by atoms with Gasteiger partial charge in [-0.2, -0.15) is 24.9 Å². The summed E-state index contributed by atoms with van der Waals surface area (Å²) in [5.41, 5.74) is -0.752. The first-order valence-corrected chi connectivity index (χ1v) is 6.63. The highest BCUT2D eigenvalue weighted by Gasteiger charge is 2.33. The summed E-state index contributed by atoms with van der Waals surface area (Å²) in [5.74, 6) is 2.50. The van der Waals surface area contributed by atoms with E-state index in [0.29, 0.717) is 5.82 Å². The van der Waals surface area contributed by atoms with E-state index in [2.05, 4.69) is 4.98 Å². The summed E-state index contributed by atoms with van der Waals surface area (Å²) in [6, 6.07) is 0.967. The number of anilines is 1. The first kappa shape index (κ1) is 12.8. The minimum atomic E-state index is -4.36. The second kappa shape index (κ2) is 4.94. The van der Waals surface area contributed by atoms with E-state index in [1.54, 1.807) is 0 Å². The zero-order valence-electron chi connectivity index (χ0n) is 8.85. The minimum Gasteiger partial charge on any atom is -0.259 e. The highest BCUT2D eigenvalue weighted by Crippen LogP contribution is 2.32. The maximum atomic E-state index is 12.4. The summed E-state index contributed by atoms with van der Waals surface area (Å²) in [7, 11) is 0. The Kier molecular flexibility index (Phi) is 3.73. The molecule has 1 aliphatic rings. The van der Waals surface area contributed by atoms with Crippen molar-refractivity contribution in [2.45, 2.75) is 6.18 Å². The molecule has 0 unspecified atom stereocenters. The van der Waals surface area contributed by atoms with Crippen LogP contribution >= 0.6 is 23.4 Å². The third kappa shape index (κ3) is 2.98. The summed E-state index contributed by atoms with van der Waals surface area (Å²) in [6.45, 7) is 1.60. The highest BCUT2D eigenvalue weighted by atomic mass is 35.5. The van der Waals surface area contributed by atoms with E-state index in [0.717, 1.165) is 36.9 Å². The van der Waals surface area contributed by atoms with Gasteiger partial charge in [-0.15, -0.1) is 0 Å². The van der Waals surface area contributed by atoms with Crippen LogP contribution in [0.1, 0.15) is 5.56 Å². The molecule has 0 aromatic carbocycles. The van der Waals surface area contributed by atoms with E-state index in [1.807, 2.05) is 16.7 Å². The number of aromatic amines is 1. The molecule has 1 N–H and O–H groups in total. The maximum absolute atomic E-state index is 12.4. The zero-order chi connectivity index (χ0) is 12.5. The molecule has 0 amide bonds. The van der Waals surface area contributed by atoms with Crippen molar-refractivity contribution in [2.24, 2.45) is 0 Å². The average Bonchev–Trinajstić information content (AvgIpc) is 2.29. The monoisotopic (exact) mass is 283 g/mol. The number of H-pyrrole nitrogens is 1. The Hall–Kier alpha value is -0.620. The lowest BCUT2D eigenvalue weighted by Crippen LogP contribution is -2.36. The second-order valence-corrected chi connectivity index (χ2v) is 5.31. The third-order valence-electron chi connectivity index (χ3n) is 2.53. The summed E-state index contributed by atoms with van der Waals surface area (Å²) < 4.78 is 37.3. The molecule has 0 saturated carbocycles. The smallest absolute Gasteiger partial charge is 0.259 e. The Balaban J connectivity index is 2.25. The van der Waals surface area contributed by atoms with Crippen molar-refractivity contribution in [3.63, 3.8) is 0 Å². The molecular weight excluding hydrogens is 273 g/mol. The fourth-order valence-electron chi connectivity index (χ4n) is 1.65. The van der Waals surface area contributed by atoms with Crippen LogP contribution in [-0.2, 0) is 6.18 Å². The fourth-order valence-corrected chi connectivity index (χ4v) is 2.85. The maximum Gasteiger partial charge on any atom is 0.419 e. The molecule has 2 rings (SSSR count). The van der Waals surface area contributed by atoms with E-state index in [9.17, 15) is 13.2 Å². The largest absolute Gasteiger partial charge is 0.419 e. The van der Waals surface area contributed by atoms with Crippen LogP contribution in [0.25, 0.3) is 0 Å². The van der Waals surface area contributed by atoms with Crippen molar-refractivity contribution in [2.75, 3.05) is 29.5 Å². The first-order chi connectivity index (χ1) is 7.98. The van der Waals surface area contributed by atoms with Crippen molar-refractivity contribution in [3.8, 4) is 0 Å². The van der Waals surface area contributed by atoms with Crippen LogP contribution in [0.2, 0.25) is 5.02 Å². The Morgan fingerprint density at radius 2 is 1.94 bits per heavy atom. The molecule has 0 spiro atoms. The van der Waals surface area contributed by atoms with Crippen LogP contribution in [0.15, 0.2) is 12.3 Å². The minimum absolute atomic E-state index is 0.117. The predicted octanol–water partition coefficient (Wildman–Crippen LogP) is 2.73. The highest BCUT2D eigenvalue weighted by molar-refractivity contribution is 7.99. The Bertz CT molecular complexity index is 405. The number of rotatable bonds is 1. The van der Waals surface area contributed by atoms with Crippen LogP contribution in [0.3, 0.4) is 0 Å². The van der Waals surface area contributed by atoms with Crippen molar-refractivity contribution >= 4 is 29.2 Å². The normalized spacial score (nSPS) is 17.3. The number of nitrogens with zero attached hydrogens (tertiary/aromatic N) is 1.